The summed E-state index contributed by atoms with van der Waals surface area (Å²) in [6.07, 6.45) is 8.25. The number of hydrogen-bond donors (Lipinski definition) is 3. The summed E-state index contributed by atoms with van der Waals surface area (Å²) in [6.45, 7) is 21.9. The molecule has 0 radical (unpaired) electrons. The molecule has 5 aliphatic carbocycles. The molecule has 0 heterocycles. The van der Waals surface area contributed by atoms with Gasteiger partial charge in [0.05, 0.1) is 24.2 Å². The molecular formula is C42H64O9. The molecule has 9 heteroatoms. The Kier molecular flexibility index (Phi) is 10.9. The molecule has 0 spiro atoms. The van der Waals surface area contributed by atoms with Gasteiger partial charge in [-0.2, -0.15) is 0 Å². The van der Waals surface area contributed by atoms with Gasteiger partial charge in [-0.3, -0.25) is 14.4 Å². The van der Waals surface area contributed by atoms with Crippen LogP contribution in [0.25, 0.3) is 0 Å². The molecule has 3 unspecified atom stereocenters. The second-order valence-electron chi connectivity index (χ2n) is 18.4. The molecule has 4 fully saturated rings. The summed E-state index contributed by atoms with van der Waals surface area (Å²) in [7, 11) is 0. The third-order valence-corrected chi connectivity index (χ3v) is 15.3. The van der Waals surface area contributed by atoms with Crippen molar-refractivity contribution in [2.24, 2.45) is 50.2 Å². The average Bonchev–Trinajstić information content (AvgIpc) is 3.05. The van der Waals surface area contributed by atoms with Gasteiger partial charge in [0, 0.05) is 30.6 Å². The van der Waals surface area contributed by atoms with E-state index in [2.05, 4.69) is 46.9 Å². The van der Waals surface area contributed by atoms with Crippen molar-refractivity contribution in [3.63, 3.8) is 0 Å². The first-order valence-corrected chi connectivity index (χ1v) is 19.2. The van der Waals surface area contributed by atoms with Gasteiger partial charge in [-0.25, -0.2) is 0 Å². The number of aliphatic hydroxyl groups is 3. The van der Waals surface area contributed by atoms with E-state index in [4.69, 9.17) is 14.2 Å². The van der Waals surface area contributed by atoms with Crippen LogP contribution in [0.3, 0.4) is 0 Å². The molecule has 51 heavy (non-hydrogen) atoms. The van der Waals surface area contributed by atoms with Gasteiger partial charge >= 0.3 is 17.9 Å². The number of rotatable bonds is 11. The molecule has 0 bridgehead atoms. The first kappa shape index (κ1) is 39.7. The number of fused-ring (bicyclic) bond motifs is 7. The van der Waals surface area contributed by atoms with Crippen LogP contribution in [0, 0.1) is 50.2 Å². The van der Waals surface area contributed by atoms with Crippen molar-refractivity contribution in [2.75, 3.05) is 13.2 Å². The van der Waals surface area contributed by atoms with Crippen LogP contribution >= 0.6 is 0 Å². The van der Waals surface area contributed by atoms with E-state index >= 15 is 0 Å². The van der Waals surface area contributed by atoms with E-state index in [1.807, 2.05) is 13.8 Å². The fourth-order valence-corrected chi connectivity index (χ4v) is 12.3. The molecule has 3 N–H and O–H groups in total. The Morgan fingerprint density at radius 3 is 2.04 bits per heavy atom. The Bertz CT molecular complexity index is 1420. The van der Waals surface area contributed by atoms with Crippen molar-refractivity contribution in [3.05, 3.63) is 37.0 Å². The van der Waals surface area contributed by atoms with E-state index in [9.17, 15) is 29.7 Å². The molecule has 0 aromatic heterocycles. The number of ether oxygens (including phenoxy) is 3. The lowest BCUT2D eigenvalue weighted by atomic mass is 9.33. The van der Waals surface area contributed by atoms with Crippen molar-refractivity contribution < 1.29 is 43.9 Å². The quantitative estimate of drug-likeness (QED) is 0.122. The maximum Gasteiger partial charge on any atom is 0.306 e. The molecule has 0 aliphatic heterocycles. The molecule has 286 valence electrons. The second kappa shape index (κ2) is 14.1. The summed E-state index contributed by atoms with van der Waals surface area (Å²) in [5.41, 5.74) is -2.14. The van der Waals surface area contributed by atoms with E-state index in [1.54, 1.807) is 12.2 Å². The monoisotopic (exact) mass is 712 g/mol. The second-order valence-corrected chi connectivity index (χ2v) is 18.4. The van der Waals surface area contributed by atoms with Crippen LogP contribution in [0.5, 0.6) is 0 Å². The summed E-state index contributed by atoms with van der Waals surface area (Å²) in [6, 6.07) is 0. The molecule has 0 amide bonds. The number of hydrogen-bond acceptors (Lipinski definition) is 9. The van der Waals surface area contributed by atoms with Gasteiger partial charge in [0.25, 0.3) is 0 Å². The smallest absolute Gasteiger partial charge is 0.306 e. The predicted molar refractivity (Wildman–Crippen MR) is 194 cm³/mol. The molecule has 0 aromatic carbocycles. The Morgan fingerprint density at radius 2 is 1.45 bits per heavy atom. The van der Waals surface area contributed by atoms with Crippen LogP contribution in [0.15, 0.2) is 37.0 Å². The van der Waals surface area contributed by atoms with E-state index in [1.165, 1.54) is 12.5 Å². The standard InChI is InChI=1S/C42H64O9/c1-10-12-14-33(46)49-24-39(7)29-18-21-40(8)30(38(29,6)20-19-31(39)44)17-16-27-28-22-37(4,5)36(51-26(3)43)35(48)42(28,32(45)23-41(27,40)9)25-50-34(47)15-13-11-2/h10-11,16,28-32,35-36,44-45,48H,1-2,12-15,17-25H2,3-9H3/t28?,29?,30?,31-,32+,35-,36-,38-,39+,40+,41+,42-/m0/s1. The number of allylic oxidation sites excluding steroid dienone is 4. The first-order chi connectivity index (χ1) is 23.8. The molecule has 4 saturated carbocycles. The van der Waals surface area contributed by atoms with E-state index in [0.717, 1.165) is 25.7 Å². The van der Waals surface area contributed by atoms with Gasteiger partial charge in [-0.15, -0.1) is 13.2 Å². The largest absolute Gasteiger partial charge is 0.465 e. The van der Waals surface area contributed by atoms with Gasteiger partial charge < -0.3 is 29.5 Å². The highest BCUT2D eigenvalue weighted by Gasteiger charge is 2.73. The minimum Gasteiger partial charge on any atom is -0.465 e. The zero-order chi connectivity index (χ0) is 37.8. The third-order valence-electron chi connectivity index (χ3n) is 15.3. The van der Waals surface area contributed by atoms with Gasteiger partial charge in [-0.1, -0.05) is 65.3 Å². The third kappa shape index (κ3) is 6.25. The summed E-state index contributed by atoms with van der Waals surface area (Å²) in [5, 5.41) is 36.3. The maximum atomic E-state index is 12.9. The number of carbonyl (C=O) groups excluding carboxylic acids is 3. The molecule has 5 aliphatic rings. The number of esters is 3. The lowest BCUT2D eigenvalue weighted by molar-refractivity contribution is -0.264. The summed E-state index contributed by atoms with van der Waals surface area (Å²) in [4.78, 5) is 37.8. The van der Waals surface area contributed by atoms with Crippen LogP contribution in [0.4, 0.5) is 0 Å². The van der Waals surface area contributed by atoms with Crippen LogP contribution < -0.4 is 0 Å². The average molecular weight is 713 g/mol. The highest BCUT2D eigenvalue weighted by atomic mass is 16.6. The van der Waals surface area contributed by atoms with Crippen molar-refractivity contribution in [2.45, 2.75) is 144 Å². The summed E-state index contributed by atoms with van der Waals surface area (Å²) in [5.74, 6) is -1.17. The lowest BCUT2D eigenvalue weighted by Crippen LogP contribution is -2.72. The van der Waals surface area contributed by atoms with Crippen molar-refractivity contribution >= 4 is 17.9 Å². The summed E-state index contributed by atoms with van der Waals surface area (Å²) >= 11 is 0. The molecule has 12 atom stereocenters. The molecule has 5 rings (SSSR count). The maximum absolute atomic E-state index is 12.9. The highest BCUT2D eigenvalue weighted by Crippen LogP contribution is 2.76. The Balaban J connectivity index is 1.54. The fourth-order valence-electron chi connectivity index (χ4n) is 12.3. The molecule has 9 nitrogen and oxygen atoms in total. The van der Waals surface area contributed by atoms with E-state index in [-0.39, 0.29) is 60.6 Å². The van der Waals surface area contributed by atoms with Crippen LogP contribution in [0.1, 0.15) is 119 Å². The zero-order valence-electron chi connectivity index (χ0n) is 32.2. The minimum atomic E-state index is -1.27. The fraction of sp³-hybridized carbons (Fsp3) is 0.786. The van der Waals surface area contributed by atoms with Crippen LogP contribution in [-0.4, -0.2) is 70.9 Å². The Hall–Kier alpha value is -2.49. The highest BCUT2D eigenvalue weighted by molar-refractivity contribution is 5.70. The van der Waals surface area contributed by atoms with Crippen LogP contribution in [-0.2, 0) is 28.6 Å². The van der Waals surface area contributed by atoms with Gasteiger partial charge in [-0.05, 0) is 91.8 Å². The summed E-state index contributed by atoms with van der Waals surface area (Å²) < 4.78 is 17.5. The van der Waals surface area contributed by atoms with Gasteiger partial charge in [0.15, 0.2) is 0 Å². The number of aliphatic hydroxyl groups excluding tert-OH is 3. The lowest BCUT2D eigenvalue weighted by Gasteiger charge is -2.72. The van der Waals surface area contributed by atoms with Gasteiger partial charge in [0.2, 0.25) is 0 Å². The normalized spacial score (nSPS) is 43.9. The van der Waals surface area contributed by atoms with E-state index < -0.39 is 58.0 Å². The van der Waals surface area contributed by atoms with Crippen molar-refractivity contribution in [1.29, 1.82) is 0 Å². The van der Waals surface area contributed by atoms with Gasteiger partial charge in [0.1, 0.15) is 18.8 Å². The minimum absolute atomic E-state index is 0.125. The molecular weight excluding hydrogens is 648 g/mol. The molecule has 0 saturated heterocycles. The Labute approximate surface area is 305 Å². The topological polar surface area (TPSA) is 140 Å². The van der Waals surface area contributed by atoms with Crippen molar-refractivity contribution in [1.82, 2.24) is 0 Å². The van der Waals surface area contributed by atoms with Crippen molar-refractivity contribution in [3.8, 4) is 0 Å². The van der Waals surface area contributed by atoms with Crippen LogP contribution in [0.2, 0.25) is 0 Å². The first-order valence-electron chi connectivity index (χ1n) is 19.2. The predicted octanol–water partition coefficient (Wildman–Crippen LogP) is 6.63. The SMILES string of the molecule is C=CCCC(=O)OC[C@@]12C(CC(C)(C)[C@@H](OC(C)=O)[C@@H]1O)C1=CCC3[C@@]4(C)CC[C@H](O)[C@](C)(COC(=O)CCC=C)C4CC[C@@]3(C)[C@]1(C)C[C@H]2O. The number of carbonyl (C=O) groups is 3. The molecule has 0 aromatic rings. The van der Waals surface area contributed by atoms with E-state index in [0.29, 0.717) is 32.1 Å². The zero-order valence-corrected chi connectivity index (χ0v) is 32.2. The Morgan fingerprint density at radius 1 is 0.843 bits per heavy atom.